The quantitative estimate of drug-likeness (QED) is 0.848. The number of likely N-dealkylation sites (N-methyl/N-ethyl adjacent to an activating group) is 1. The Kier molecular flexibility index (Phi) is 4.51. The Morgan fingerprint density at radius 2 is 2.05 bits per heavy atom. The van der Waals surface area contributed by atoms with Gasteiger partial charge in [-0.1, -0.05) is 34.8 Å². The van der Waals surface area contributed by atoms with Crippen LogP contribution in [-0.4, -0.2) is 23.2 Å². The topological polar surface area (TPSA) is 23.5 Å². The summed E-state index contributed by atoms with van der Waals surface area (Å²) in [5.74, 6) is 0. The molecule has 0 unspecified atom stereocenters. The van der Waals surface area contributed by atoms with E-state index >= 15 is 0 Å². The van der Waals surface area contributed by atoms with E-state index in [1.807, 2.05) is 25.2 Å². The minimum atomic E-state index is -0.476. The largest absolute Gasteiger partial charge is 0.391 e. The molecule has 2 atom stereocenters. The van der Waals surface area contributed by atoms with Gasteiger partial charge >= 0.3 is 0 Å². The van der Waals surface area contributed by atoms with Gasteiger partial charge in [-0.3, -0.25) is 4.90 Å². The number of rotatable bonds is 3. The number of hydrogen-bond donors (Lipinski definition) is 1. The maximum absolute atomic E-state index is 10.4. The van der Waals surface area contributed by atoms with E-state index in [9.17, 15) is 5.11 Å². The van der Waals surface area contributed by atoms with Gasteiger partial charge in [-0.15, -0.1) is 11.3 Å². The molecule has 0 saturated carbocycles. The second-order valence-electron chi connectivity index (χ2n) is 5.29. The lowest BCUT2D eigenvalue weighted by Crippen LogP contribution is -2.30. The van der Waals surface area contributed by atoms with Crippen molar-refractivity contribution in [3.8, 4) is 0 Å². The molecule has 1 aromatic heterocycles. The third-order valence-corrected chi connectivity index (χ3v) is 5.57. The summed E-state index contributed by atoms with van der Waals surface area (Å²) in [5, 5.41) is 11.6. The fraction of sp³-hybridized carbons (Fsp3) is 0.333. The number of benzene rings is 1. The molecule has 0 saturated heterocycles. The number of aliphatic hydroxyl groups is 1. The van der Waals surface area contributed by atoms with Gasteiger partial charge in [-0.2, -0.15) is 0 Å². The first kappa shape index (κ1) is 15.6. The number of nitrogens with zero attached hydrogens (tertiary/aromatic N) is 1. The van der Waals surface area contributed by atoms with Gasteiger partial charge in [-0.05, 0) is 42.4 Å². The highest BCUT2D eigenvalue weighted by atomic mass is 35.5. The highest BCUT2D eigenvalue weighted by Gasteiger charge is 2.35. The van der Waals surface area contributed by atoms with E-state index < -0.39 is 6.10 Å². The first-order chi connectivity index (χ1) is 9.95. The number of thiophene rings is 1. The van der Waals surface area contributed by atoms with Gasteiger partial charge < -0.3 is 5.11 Å². The molecule has 1 aliphatic carbocycles. The molecule has 0 aliphatic heterocycles. The van der Waals surface area contributed by atoms with E-state index in [-0.39, 0.29) is 6.04 Å². The van der Waals surface area contributed by atoms with Crippen molar-refractivity contribution in [2.45, 2.75) is 25.1 Å². The summed E-state index contributed by atoms with van der Waals surface area (Å²) in [6, 6.07) is 7.44. The Morgan fingerprint density at radius 1 is 1.29 bits per heavy atom. The van der Waals surface area contributed by atoms with Crippen molar-refractivity contribution >= 4 is 46.1 Å². The molecule has 1 N–H and O–H groups in total. The van der Waals surface area contributed by atoms with E-state index in [0.29, 0.717) is 16.5 Å². The van der Waals surface area contributed by atoms with Crippen molar-refractivity contribution in [2.24, 2.45) is 0 Å². The lowest BCUT2D eigenvalue weighted by molar-refractivity contribution is 0.0730. The molecule has 2 nitrogen and oxygen atoms in total. The third kappa shape index (κ3) is 3.09. The highest BCUT2D eigenvalue weighted by molar-refractivity contribution is 7.16. The molecule has 0 bridgehead atoms. The van der Waals surface area contributed by atoms with Crippen molar-refractivity contribution in [1.82, 2.24) is 4.90 Å². The van der Waals surface area contributed by atoms with Gasteiger partial charge in [0.15, 0.2) is 0 Å². The van der Waals surface area contributed by atoms with Crippen LogP contribution in [0.2, 0.25) is 14.4 Å². The maximum atomic E-state index is 10.4. The van der Waals surface area contributed by atoms with Gasteiger partial charge in [0.05, 0.1) is 16.5 Å². The van der Waals surface area contributed by atoms with Crippen molar-refractivity contribution in [1.29, 1.82) is 0 Å². The van der Waals surface area contributed by atoms with Crippen LogP contribution in [-0.2, 0) is 13.0 Å². The van der Waals surface area contributed by atoms with Crippen molar-refractivity contribution in [3.05, 3.63) is 54.7 Å². The van der Waals surface area contributed by atoms with Gasteiger partial charge in [0.2, 0.25) is 0 Å². The highest BCUT2D eigenvalue weighted by Crippen LogP contribution is 2.41. The molecule has 6 heteroatoms. The minimum Gasteiger partial charge on any atom is -0.391 e. The van der Waals surface area contributed by atoms with E-state index in [0.717, 1.165) is 26.9 Å². The van der Waals surface area contributed by atoms with Crippen LogP contribution in [0.1, 0.15) is 22.0 Å². The SMILES string of the molecule is CN(Cc1ccc(Cl)s1)[C@@H]1c2cc(Cl)cc(Cl)c2C[C@H]1O. The van der Waals surface area contributed by atoms with Crippen molar-refractivity contribution in [2.75, 3.05) is 7.05 Å². The monoisotopic (exact) mass is 361 g/mol. The summed E-state index contributed by atoms with van der Waals surface area (Å²) < 4.78 is 0.775. The third-order valence-electron chi connectivity index (χ3n) is 3.80. The number of fused-ring (bicyclic) bond motifs is 1. The molecule has 112 valence electrons. The summed E-state index contributed by atoms with van der Waals surface area (Å²) in [5.41, 5.74) is 2.01. The maximum Gasteiger partial charge on any atom is 0.0931 e. The fourth-order valence-electron chi connectivity index (χ4n) is 2.94. The van der Waals surface area contributed by atoms with E-state index in [4.69, 9.17) is 34.8 Å². The minimum absolute atomic E-state index is 0.0999. The summed E-state index contributed by atoms with van der Waals surface area (Å²) in [4.78, 5) is 3.28. The van der Waals surface area contributed by atoms with Crippen LogP contribution in [0.5, 0.6) is 0 Å². The molecule has 3 rings (SSSR count). The second kappa shape index (κ2) is 6.07. The van der Waals surface area contributed by atoms with Crippen LogP contribution in [0.3, 0.4) is 0 Å². The molecule has 1 aromatic carbocycles. The fourth-order valence-corrected chi connectivity index (χ4v) is 4.68. The van der Waals surface area contributed by atoms with Crippen LogP contribution in [0.25, 0.3) is 0 Å². The zero-order valence-corrected chi connectivity index (χ0v) is 14.4. The summed E-state index contributed by atoms with van der Waals surface area (Å²) in [6.07, 6.45) is 0.0855. The Labute approximate surface area is 142 Å². The molecule has 2 aromatic rings. The van der Waals surface area contributed by atoms with Gasteiger partial charge in [0.1, 0.15) is 0 Å². The first-order valence-electron chi connectivity index (χ1n) is 6.56. The average molecular weight is 363 g/mol. The zero-order chi connectivity index (χ0) is 15.1. The van der Waals surface area contributed by atoms with E-state index in [2.05, 4.69) is 4.90 Å². The first-order valence-corrected chi connectivity index (χ1v) is 8.51. The Bertz CT molecular complexity index is 673. The molecule has 0 radical (unpaired) electrons. The standard InChI is InChI=1S/C15H14Cl3NOS/c1-19(7-9-2-3-14(18)21-9)15-11-4-8(16)5-12(17)10(11)6-13(15)20/h2-5,13,15,20H,6-7H2,1H3/t13-,15-/m1/s1. The number of halogens is 3. The summed E-state index contributed by atoms with van der Waals surface area (Å²) >= 11 is 19.9. The molecule has 21 heavy (non-hydrogen) atoms. The average Bonchev–Trinajstić information content (AvgIpc) is 2.92. The lowest BCUT2D eigenvalue weighted by Gasteiger charge is -2.27. The van der Waals surface area contributed by atoms with Crippen molar-refractivity contribution in [3.63, 3.8) is 0 Å². The van der Waals surface area contributed by atoms with Crippen LogP contribution in [0.15, 0.2) is 24.3 Å². The van der Waals surface area contributed by atoms with Crippen LogP contribution < -0.4 is 0 Å². The molecular weight excluding hydrogens is 349 g/mol. The predicted octanol–water partition coefficient (Wildman–Crippen LogP) is 4.80. The summed E-state index contributed by atoms with van der Waals surface area (Å²) in [7, 11) is 1.99. The number of hydrogen-bond acceptors (Lipinski definition) is 3. The Balaban J connectivity index is 1.89. The smallest absolute Gasteiger partial charge is 0.0931 e. The molecule has 0 fully saturated rings. The van der Waals surface area contributed by atoms with Crippen molar-refractivity contribution < 1.29 is 5.11 Å². The molecule has 1 heterocycles. The van der Waals surface area contributed by atoms with Crippen LogP contribution in [0.4, 0.5) is 0 Å². The number of aliphatic hydroxyl groups excluding tert-OH is 1. The summed E-state index contributed by atoms with van der Waals surface area (Å²) in [6.45, 7) is 0.725. The van der Waals surface area contributed by atoms with E-state index in [1.165, 1.54) is 0 Å². The van der Waals surface area contributed by atoms with Gasteiger partial charge in [0.25, 0.3) is 0 Å². The molecular formula is C15H14Cl3NOS. The van der Waals surface area contributed by atoms with Crippen LogP contribution >= 0.6 is 46.1 Å². The Morgan fingerprint density at radius 3 is 2.71 bits per heavy atom. The molecule has 0 amide bonds. The second-order valence-corrected chi connectivity index (χ2v) is 7.94. The predicted molar refractivity (Wildman–Crippen MR) is 89.7 cm³/mol. The Hall–Kier alpha value is -0.290. The molecule has 1 aliphatic rings. The van der Waals surface area contributed by atoms with Gasteiger partial charge in [0, 0.05) is 27.9 Å². The normalized spacial score (nSPS) is 21.0. The van der Waals surface area contributed by atoms with E-state index in [1.54, 1.807) is 17.4 Å². The van der Waals surface area contributed by atoms with Crippen LogP contribution in [0, 0.1) is 0 Å². The van der Waals surface area contributed by atoms with Gasteiger partial charge in [-0.25, -0.2) is 0 Å². The molecule has 0 spiro atoms. The zero-order valence-electron chi connectivity index (χ0n) is 11.3. The lowest BCUT2D eigenvalue weighted by atomic mass is 10.1.